The minimum Gasteiger partial charge on any atom is -0.497 e. The summed E-state index contributed by atoms with van der Waals surface area (Å²) in [5.41, 5.74) is 6.85. The number of ether oxygens (including phenoxy) is 1. The molecule has 1 aromatic rings. The summed E-state index contributed by atoms with van der Waals surface area (Å²) in [7, 11) is 1.58. The van der Waals surface area contributed by atoms with Crippen LogP contribution in [0, 0.1) is 11.3 Å². The Balaban J connectivity index is 3.31. The van der Waals surface area contributed by atoms with E-state index in [2.05, 4.69) is 22.0 Å². The highest BCUT2D eigenvalue weighted by atomic mass is 79.9. The summed E-state index contributed by atoms with van der Waals surface area (Å²) in [5.74, 6) is 0.700. The molecule has 0 heterocycles. The lowest BCUT2D eigenvalue weighted by atomic mass is 10.1. The molecule has 0 unspecified atom stereocenters. The minimum atomic E-state index is 0.332. The van der Waals surface area contributed by atoms with Gasteiger partial charge in [0.2, 0.25) is 0 Å². The van der Waals surface area contributed by atoms with Crippen molar-refractivity contribution in [1.82, 2.24) is 0 Å². The molecule has 2 N–H and O–H groups in total. The van der Waals surface area contributed by atoms with E-state index in [0.29, 0.717) is 17.9 Å². The van der Waals surface area contributed by atoms with E-state index in [0.717, 1.165) is 10.0 Å². The molecular formula is C9H9BrN2O. The van der Waals surface area contributed by atoms with Gasteiger partial charge in [0.1, 0.15) is 11.8 Å². The molecule has 0 saturated carbocycles. The fourth-order valence-corrected chi connectivity index (χ4v) is 1.61. The molecule has 13 heavy (non-hydrogen) atoms. The number of methoxy groups -OCH3 is 1. The Labute approximate surface area is 85.2 Å². The number of benzene rings is 1. The lowest BCUT2D eigenvalue weighted by Crippen LogP contribution is -2.01. The van der Waals surface area contributed by atoms with Crippen LogP contribution in [0.4, 0.5) is 0 Å². The first-order valence-electron chi connectivity index (χ1n) is 3.69. The third-order valence-corrected chi connectivity index (χ3v) is 2.34. The first kappa shape index (κ1) is 10.0. The van der Waals surface area contributed by atoms with Crippen molar-refractivity contribution in [1.29, 1.82) is 5.26 Å². The van der Waals surface area contributed by atoms with Crippen LogP contribution in [0.15, 0.2) is 16.6 Å². The van der Waals surface area contributed by atoms with E-state index in [1.807, 2.05) is 0 Å². The summed E-state index contributed by atoms with van der Waals surface area (Å²) >= 11 is 3.28. The van der Waals surface area contributed by atoms with Gasteiger partial charge in [-0.25, -0.2) is 0 Å². The van der Waals surface area contributed by atoms with E-state index < -0.39 is 0 Å². The number of nitrogens with two attached hydrogens (primary N) is 1. The summed E-state index contributed by atoms with van der Waals surface area (Å²) < 4.78 is 5.76. The first-order chi connectivity index (χ1) is 6.22. The lowest BCUT2D eigenvalue weighted by molar-refractivity contribution is 0.414. The highest BCUT2D eigenvalue weighted by Gasteiger charge is 2.07. The molecule has 0 aliphatic rings. The quantitative estimate of drug-likeness (QED) is 0.858. The van der Waals surface area contributed by atoms with Gasteiger partial charge in [-0.15, -0.1) is 0 Å². The zero-order valence-electron chi connectivity index (χ0n) is 7.17. The molecule has 4 heteroatoms. The van der Waals surface area contributed by atoms with Crippen molar-refractivity contribution in [2.45, 2.75) is 6.54 Å². The molecule has 0 saturated heterocycles. The predicted molar refractivity (Wildman–Crippen MR) is 53.3 cm³/mol. The number of hydrogen-bond acceptors (Lipinski definition) is 3. The van der Waals surface area contributed by atoms with E-state index in [9.17, 15) is 0 Å². The lowest BCUT2D eigenvalue weighted by Gasteiger charge is -2.06. The Hall–Kier alpha value is -1.05. The largest absolute Gasteiger partial charge is 0.497 e. The van der Waals surface area contributed by atoms with E-state index >= 15 is 0 Å². The van der Waals surface area contributed by atoms with Crippen LogP contribution in [0.25, 0.3) is 0 Å². The van der Waals surface area contributed by atoms with Gasteiger partial charge in [0, 0.05) is 11.0 Å². The molecule has 0 fully saturated rings. The average molecular weight is 241 g/mol. The van der Waals surface area contributed by atoms with Crippen molar-refractivity contribution < 1.29 is 4.74 Å². The summed E-state index contributed by atoms with van der Waals surface area (Å²) in [6.07, 6.45) is 0. The number of hydrogen-bond donors (Lipinski definition) is 1. The number of halogens is 1. The maximum Gasteiger partial charge on any atom is 0.120 e. The van der Waals surface area contributed by atoms with E-state index in [4.69, 9.17) is 15.7 Å². The molecule has 68 valence electrons. The van der Waals surface area contributed by atoms with Gasteiger partial charge in [-0.05, 0) is 33.6 Å². The van der Waals surface area contributed by atoms with Crippen LogP contribution in [-0.4, -0.2) is 7.11 Å². The highest BCUT2D eigenvalue weighted by Crippen LogP contribution is 2.26. The SMILES string of the molecule is COc1cc(Br)c(C#N)c(CN)c1. The van der Waals surface area contributed by atoms with Crippen molar-refractivity contribution in [3.63, 3.8) is 0 Å². The van der Waals surface area contributed by atoms with Crippen LogP contribution < -0.4 is 10.5 Å². The smallest absolute Gasteiger partial charge is 0.120 e. The molecule has 0 amide bonds. The molecule has 0 atom stereocenters. The van der Waals surface area contributed by atoms with Gasteiger partial charge >= 0.3 is 0 Å². The Kier molecular flexibility index (Phi) is 3.29. The third kappa shape index (κ3) is 2.00. The standard InChI is InChI=1S/C9H9BrN2O/c1-13-7-2-6(4-11)8(5-12)9(10)3-7/h2-3H,4,11H2,1H3. The van der Waals surface area contributed by atoms with E-state index in [1.54, 1.807) is 19.2 Å². The minimum absolute atomic E-state index is 0.332. The zero-order valence-corrected chi connectivity index (χ0v) is 8.76. The second kappa shape index (κ2) is 4.26. The maximum atomic E-state index is 8.82. The van der Waals surface area contributed by atoms with E-state index in [1.165, 1.54) is 0 Å². The van der Waals surface area contributed by atoms with E-state index in [-0.39, 0.29) is 0 Å². The van der Waals surface area contributed by atoms with Crippen molar-refractivity contribution >= 4 is 15.9 Å². The first-order valence-corrected chi connectivity index (χ1v) is 4.48. The van der Waals surface area contributed by atoms with Crippen molar-refractivity contribution in [3.05, 3.63) is 27.7 Å². The predicted octanol–water partition coefficient (Wildman–Crippen LogP) is 1.79. The Morgan fingerprint density at radius 1 is 1.62 bits per heavy atom. The van der Waals surface area contributed by atoms with Gasteiger partial charge in [0.15, 0.2) is 0 Å². The normalized spacial score (nSPS) is 9.38. The molecular weight excluding hydrogens is 232 g/mol. The summed E-state index contributed by atoms with van der Waals surface area (Å²) in [5, 5.41) is 8.82. The maximum absolute atomic E-state index is 8.82. The van der Waals surface area contributed by atoms with Gasteiger partial charge < -0.3 is 10.5 Å². The molecule has 3 nitrogen and oxygen atoms in total. The zero-order chi connectivity index (χ0) is 9.84. The molecule has 0 radical (unpaired) electrons. The van der Waals surface area contributed by atoms with Gasteiger partial charge in [0.05, 0.1) is 12.7 Å². The van der Waals surface area contributed by atoms with Crippen LogP contribution >= 0.6 is 15.9 Å². The summed E-state index contributed by atoms with van der Waals surface area (Å²) in [6, 6.07) is 5.60. The fourth-order valence-electron chi connectivity index (χ4n) is 1.04. The van der Waals surface area contributed by atoms with Crippen LogP contribution in [0.3, 0.4) is 0 Å². The monoisotopic (exact) mass is 240 g/mol. The number of nitriles is 1. The van der Waals surface area contributed by atoms with Crippen molar-refractivity contribution in [2.75, 3.05) is 7.11 Å². The van der Waals surface area contributed by atoms with Crippen molar-refractivity contribution in [3.8, 4) is 11.8 Å². The van der Waals surface area contributed by atoms with Crippen LogP contribution in [0.1, 0.15) is 11.1 Å². The Bertz CT molecular complexity index is 357. The van der Waals surface area contributed by atoms with Gasteiger partial charge in [-0.3, -0.25) is 0 Å². The summed E-state index contributed by atoms with van der Waals surface area (Å²) in [4.78, 5) is 0. The second-order valence-corrected chi connectivity index (χ2v) is 3.31. The average Bonchev–Trinajstić information content (AvgIpc) is 2.16. The number of rotatable bonds is 2. The highest BCUT2D eigenvalue weighted by molar-refractivity contribution is 9.10. The third-order valence-electron chi connectivity index (χ3n) is 1.71. The van der Waals surface area contributed by atoms with Gasteiger partial charge in [-0.2, -0.15) is 5.26 Å². The van der Waals surface area contributed by atoms with Crippen LogP contribution in [0.5, 0.6) is 5.75 Å². The molecule has 1 rings (SSSR count). The topological polar surface area (TPSA) is 59.0 Å². The Morgan fingerprint density at radius 3 is 2.77 bits per heavy atom. The molecule has 0 aromatic heterocycles. The molecule has 0 aliphatic heterocycles. The fraction of sp³-hybridized carbons (Fsp3) is 0.222. The summed E-state index contributed by atoms with van der Waals surface area (Å²) in [6.45, 7) is 0.332. The Morgan fingerprint density at radius 2 is 2.31 bits per heavy atom. The molecule has 0 bridgehead atoms. The molecule has 0 spiro atoms. The molecule has 1 aromatic carbocycles. The molecule has 0 aliphatic carbocycles. The van der Waals surface area contributed by atoms with Gasteiger partial charge in [0.25, 0.3) is 0 Å². The number of nitrogens with zero attached hydrogens (tertiary/aromatic N) is 1. The van der Waals surface area contributed by atoms with Gasteiger partial charge in [-0.1, -0.05) is 0 Å². The van der Waals surface area contributed by atoms with Crippen LogP contribution in [-0.2, 0) is 6.54 Å². The van der Waals surface area contributed by atoms with Crippen molar-refractivity contribution in [2.24, 2.45) is 5.73 Å². The van der Waals surface area contributed by atoms with Crippen LogP contribution in [0.2, 0.25) is 0 Å². The second-order valence-electron chi connectivity index (χ2n) is 2.46.